The van der Waals surface area contributed by atoms with Crippen molar-refractivity contribution < 1.29 is 0 Å². The van der Waals surface area contributed by atoms with E-state index in [0.29, 0.717) is 5.41 Å². The second-order valence-electron chi connectivity index (χ2n) is 4.75. The molecule has 1 aliphatic rings. The Labute approximate surface area is 76.9 Å². The topological polar surface area (TPSA) is 12.0 Å². The first-order chi connectivity index (χ1) is 5.61. The number of hydrogen-bond donors (Lipinski definition) is 1. The van der Waals surface area contributed by atoms with Crippen LogP contribution in [0.25, 0.3) is 0 Å². The maximum Gasteiger partial charge on any atom is 0.0100 e. The zero-order valence-corrected chi connectivity index (χ0v) is 8.98. The molecule has 0 amide bonds. The molecule has 0 radical (unpaired) electrons. The van der Waals surface area contributed by atoms with Gasteiger partial charge >= 0.3 is 0 Å². The molecule has 1 saturated carbocycles. The van der Waals surface area contributed by atoms with Gasteiger partial charge in [0.25, 0.3) is 0 Å². The van der Waals surface area contributed by atoms with Crippen molar-refractivity contribution in [2.24, 2.45) is 11.3 Å². The first-order valence-electron chi connectivity index (χ1n) is 5.35. The van der Waals surface area contributed by atoms with Crippen LogP contribution >= 0.6 is 0 Å². The van der Waals surface area contributed by atoms with Crippen molar-refractivity contribution in [2.75, 3.05) is 6.54 Å². The van der Waals surface area contributed by atoms with Gasteiger partial charge in [0.2, 0.25) is 0 Å². The molecule has 0 heterocycles. The van der Waals surface area contributed by atoms with Gasteiger partial charge in [0.15, 0.2) is 0 Å². The SMILES string of the molecule is CCCC(NCC)C1CC1(C)C. The summed E-state index contributed by atoms with van der Waals surface area (Å²) in [6.45, 7) is 10.4. The monoisotopic (exact) mass is 169 g/mol. The summed E-state index contributed by atoms with van der Waals surface area (Å²) in [5, 5.41) is 3.60. The van der Waals surface area contributed by atoms with E-state index in [1.54, 1.807) is 0 Å². The van der Waals surface area contributed by atoms with Gasteiger partial charge in [0.05, 0.1) is 0 Å². The molecule has 0 aliphatic heterocycles. The van der Waals surface area contributed by atoms with E-state index in [1.165, 1.54) is 19.3 Å². The molecule has 0 saturated heterocycles. The number of hydrogen-bond acceptors (Lipinski definition) is 1. The normalized spacial score (nSPS) is 28.5. The fourth-order valence-corrected chi connectivity index (χ4v) is 2.21. The van der Waals surface area contributed by atoms with E-state index in [0.717, 1.165) is 18.5 Å². The van der Waals surface area contributed by atoms with Gasteiger partial charge in [-0.3, -0.25) is 0 Å². The minimum absolute atomic E-state index is 0.627. The minimum atomic E-state index is 0.627. The lowest BCUT2D eigenvalue weighted by Gasteiger charge is -2.18. The molecule has 72 valence electrons. The van der Waals surface area contributed by atoms with E-state index in [-0.39, 0.29) is 0 Å². The molecule has 0 aromatic heterocycles. The molecule has 1 fully saturated rings. The van der Waals surface area contributed by atoms with Crippen LogP contribution < -0.4 is 5.32 Å². The lowest BCUT2D eigenvalue weighted by atomic mass is 10.0. The van der Waals surface area contributed by atoms with Gasteiger partial charge < -0.3 is 5.32 Å². The highest BCUT2D eigenvalue weighted by molar-refractivity contribution is 5.01. The molecule has 1 rings (SSSR count). The Morgan fingerprint density at radius 2 is 2.00 bits per heavy atom. The van der Waals surface area contributed by atoms with E-state index in [9.17, 15) is 0 Å². The third kappa shape index (κ3) is 2.22. The first-order valence-corrected chi connectivity index (χ1v) is 5.35. The van der Waals surface area contributed by atoms with E-state index < -0.39 is 0 Å². The third-order valence-electron chi connectivity index (χ3n) is 3.14. The summed E-state index contributed by atoms with van der Waals surface area (Å²) in [6.07, 6.45) is 4.08. The standard InChI is InChI=1S/C11H23N/c1-5-7-10(12-6-2)9-8-11(9,3)4/h9-10,12H,5-8H2,1-4H3. The van der Waals surface area contributed by atoms with Crippen LogP contribution in [0.3, 0.4) is 0 Å². The Morgan fingerprint density at radius 1 is 1.42 bits per heavy atom. The molecular weight excluding hydrogens is 146 g/mol. The van der Waals surface area contributed by atoms with E-state index in [1.807, 2.05) is 0 Å². The molecule has 2 atom stereocenters. The van der Waals surface area contributed by atoms with Crippen molar-refractivity contribution in [3.8, 4) is 0 Å². The van der Waals surface area contributed by atoms with Gasteiger partial charge in [-0.05, 0) is 30.7 Å². The van der Waals surface area contributed by atoms with Gasteiger partial charge in [-0.1, -0.05) is 34.1 Å². The lowest BCUT2D eigenvalue weighted by Crippen LogP contribution is -2.32. The Balaban J connectivity index is 2.34. The summed E-state index contributed by atoms with van der Waals surface area (Å²) in [6, 6.07) is 0.787. The van der Waals surface area contributed by atoms with Crippen molar-refractivity contribution in [2.45, 2.75) is 53.0 Å². The predicted octanol–water partition coefficient (Wildman–Crippen LogP) is 2.81. The van der Waals surface area contributed by atoms with Gasteiger partial charge in [-0.25, -0.2) is 0 Å². The smallest absolute Gasteiger partial charge is 0.0100 e. The Bertz CT molecular complexity index is 134. The number of nitrogens with one attached hydrogen (secondary N) is 1. The maximum atomic E-state index is 3.60. The largest absolute Gasteiger partial charge is 0.314 e. The number of rotatable bonds is 5. The van der Waals surface area contributed by atoms with Gasteiger partial charge in [0.1, 0.15) is 0 Å². The summed E-state index contributed by atoms with van der Waals surface area (Å²) in [7, 11) is 0. The predicted molar refractivity (Wildman–Crippen MR) is 54.3 cm³/mol. The van der Waals surface area contributed by atoms with E-state index in [4.69, 9.17) is 0 Å². The molecule has 2 unspecified atom stereocenters. The molecule has 0 spiro atoms. The second-order valence-corrected chi connectivity index (χ2v) is 4.75. The average molecular weight is 169 g/mol. The summed E-state index contributed by atoms with van der Waals surface area (Å²) in [4.78, 5) is 0. The average Bonchev–Trinajstić information content (AvgIpc) is 2.60. The molecular formula is C11H23N. The fourth-order valence-electron chi connectivity index (χ4n) is 2.21. The molecule has 1 heteroatoms. The van der Waals surface area contributed by atoms with Crippen LogP contribution in [0.2, 0.25) is 0 Å². The highest BCUT2D eigenvalue weighted by Gasteiger charge is 2.49. The van der Waals surface area contributed by atoms with Gasteiger partial charge in [-0.2, -0.15) is 0 Å². The molecule has 1 N–H and O–H groups in total. The van der Waals surface area contributed by atoms with Crippen molar-refractivity contribution >= 4 is 0 Å². The molecule has 0 aromatic carbocycles. The van der Waals surface area contributed by atoms with Crippen molar-refractivity contribution in [3.63, 3.8) is 0 Å². The minimum Gasteiger partial charge on any atom is -0.314 e. The highest BCUT2D eigenvalue weighted by Crippen LogP contribution is 2.54. The van der Waals surface area contributed by atoms with Crippen LogP contribution in [0.15, 0.2) is 0 Å². The quantitative estimate of drug-likeness (QED) is 0.667. The molecule has 1 nitrogen and oxygen atoms in total. The zero-order chi connectivity index (χ0) is 9.19. The van der Waals surface area contributed by atoms with Crippen LogP contribution in [0, 0.1) is 11.3 Å². The van der Waals surface area contributed by atoms with Gasteiger partial charge in [0, 0.05) is 6.04 Å². The Hall–Kier alpha value is -0.0400. The van der Waals surface area contributed by atoms with Crippen LogP contribution in [0.1, 0.15) is 47.0 Å². The maximum absolute atomic E-state index is 3.60. The summed E-state index contributed by atoms with van der Waals surface area (Å²) < 4.78 is 0. The third-order valence-corrected chi connectivity index (χ3v) is 3.14. The van der Waals surface area contributed by atoms with Crippen LogP contribution in [-0.4, -0.2) is 12.6 Å². The second kappa shape index (κ2) is 3.78. The van der Waals surface area contributed by atoms with Gasteiger partial charge in [-0.15, -0.1) is 0 Å². The van der Waals surface area contributed by atoms with Crippen LogP contribution in [0.4, 0.5) is 0 Å². The summed E-state index contributed by atoms with van der Waals surface area (Å²) in [5.74, 6) is 0.942. The molecule has 1 aliphatic carbocycles. The van der Waals surface area contributed by atoms with Crippen molar-refractivity contribution in [1.29, 1.82) is 0 Å². The zero-order valence-electron chi connectivity index (χ0n) is 8.98. The highest BCUT2D eigenvalue weighted by atomic mass is 14.9. The molecule has 12 heavy (non-hydrogen) atoms. The fraction of sp³-hybridized carbons (Fsp3) is 1.00. The summed E-state index contributed by atoms with van der Waals surface area (Å²) in [5.41, 5.74) is 0.627. The Morgan fingerprint density at radius 3 is 2.33 bits per heavy atom. The molecule has 0 bridgehead atoms. The Kier molecular flexibility index (Phi) is 3.16. The summed E-state index contributed by atoms with van der Waals surface area (Å²) >= 11 is 0. The van der Waals surface area contributed by atoms with E-state index >= 15 is 0 Å². The lowest BCUT2D eigenvalue weighted by molar-refractivity contribution is 0.389. The van der Waals surface area contributed by atoms with Crippen molar-refractivity contribution in [1.82, 2.24) is 5.32 Å². The molecule has 0 aromatic rings. The van der Waals surface area contributed by atoms with E-state index in [2.05, 4.69) is 33.0 Å². The van der Waals surface area contributed by atoms with Crippen molar-refractivity contribution in [3.05, 3.63) is 0 Å². The first kappa shape index (κ1) is 10.0. The van der Waals surface area contributed by atoms with Crippen LogP contribution in [-0.2, 0) is 0 Å². The van der Waals surface area contributed by atoms with Crippen LogP contribution in [0.5, 0.6) is 0 Å².